The molecule has 1 amide bonds. The minimum Gasteiger partial charge on any atom is -0.319 e. The predicted octanol–water partition coefficient (Wildman–Crippen LogP) is 5.87. The predicted molar refractivity (Wildman–Crippen MR) is 112 cm³/mol. The largest absolute Gasteiger partial charge is 0.319 e. The number of halogens is 3. The fraction of sp³-hybridized carbons (Fsp3) is 0. The number of nitrogens with zero attached hydrogens (tertiary/aromatic N) is 1. The van der Waals surface area contributed by atoms with Crippen molar-refractivity contribution in [1.82, 2.24) is 4.40 Å². The summed E-state index contributed by atoms with van der Waals surface area (Å²) in [6, 6.07) is 18.0. The van der Waals surface area contributed by atoms with Gasteiger partial charge in [0.15, 0.2) is 0 Å². The smallest absolute Gasteiger partial charge is 0.298 e. The lowest BCUT2D eigenvalue weighted by molar-refractivity contribution is -0.112. The van der Waals surface area contributed by atoms with Crippen molar-refractivity contribution in [2.45, 2.75) is 0 Å². The van der Waals surface area contributed by atoms with Crippen LogP contribution < -0.4 is 5.32 Å². The minimum atomic E-state index is -0.855. The zero-order valence-electron chi connectivity index (χ0n) is 14.8. The van der Waals surface area contributed by atoms with Crippen molar-refractivity contribution >= 4 is 46.1 Å². The fourth-order valence-electron chi connectivity index (χ4n) is 3.07. The van der Waals surface area contributed by atoms with Gasteiger partial charge in [0.05, 0.1) is 5.02 Å². The van der Waals surface area contributed by atoms with Gasteiger partial charge in [0.2, 0.25) is 0 Å². The van der Waals surface area contributed by atoms with Crippen LogP contribution in [-0.4, -0.2) is 16.1 Å². The van der Waals surface area contributed by atoms with E-state index in [-0.39, 0.29) is 16.4 Å². The van der Waals surface area contributed by atoms with Crippen LogP contribution in [0.15, 0.2) is 72.9 Å². The van der Waals surface area contributed by atoms with Crippen molar-refractivity contribution in [2.24, 2.45) is 0 Å². The molecule has 29 heavy (non-hydrogen) atoms. The summed E-state index contributed by atoms with van der Waals surface area (Å²) in [6.07, 6.45) is 1.71. The fourth-order valence-corrected chi connectivity index (χ4v) is 3.38. The van der Waals surface area contributed by atoms with Gasteiger partial charge in [-0.25, -0.2) is 4.39 Å². The number of hydrogen-bond acceptors (Lipinski definition) is 2. The van der Waals surface area contributed by atoms with Crippen molar-refractivity contribution in [3.8, 4) is 11.1 Å². The highest BCUT2D eigenvalue weighted by atomic mass is 35.5. The first-order valence-corrected chi connectivity index (χ1v) is 9.36. The number of aromatic nitrogens is 1. The number of nitrogens with one attached hydrogen (secondary N) is 1. The maximum atomic E-state index is 13.3. The van der Waals surface area contributed by atoms with Gasteiger partial charge in [0.1, 0.15) is 11.5 Å². The molecule has 4 rings (SSSR count). The molecule has 4 aromatic rings. The molecule has 7 heteroatoms. The number of amides is 1. The molecule has 0 spiro atoms. The Labute approximate surface area is 175 Å². The van der Waals surface area contributed by atoms with Gasteiger partial charge in [-0.1, -0.05) is 41.4 Å². The summed E-state index contributed by atoms with van der Waals surface area (Å²) in [6.45, 7) is 0. The van der Waals surface area contributed by atoms with Crippen molar-refractivity contribution in [1.29, 1.82) is 0 Å². The Morgan fingerprint density at radius 1 is 0.931 bits per heavy atom. The van der Waals surface area contributed by atoms with Gasteiger partial charge >= 0.3 is 0 Å². The van der Waals surface area contributed by atoms with Crippen LogP contribution in [0, 0.1) is 5.82 Å². The number of anilines is 1. The monoisotopic (exact) mass is 426 g/mol. The van der Waals surface area contributed by atoms with Gasteiger partial charge in [-0.05, 0) is 54.1 Å². The number of Topliss-reactive ketones (excluding diaryl/α,β-unsaturated/α-hetero) is 1. The summed E-state index contributed by atoms with van der Waals surface area (Å²) in [7, 11) is 0. The van der Waals surface area contributed by atoms with E-state index in [0.29, 0.717) is 10.6 Å². The molecule has 0 atom stereocenters. The lowest BCUT2D eigenvalue weighted by Crippen LogP contribution is -2.24. The van der Waals surface area contributed by atoms with Crippen molar-refractivity contribution in [3.63, 3.8) is 0 Å². The Bertz CT molecular complexity index is 1250. The molecule has 0 bridgehead atoms. The molecule has 2 heterocycles. The number of ketones is 1. The zero-order chi connectivity index (χ0) is 20.5. The second-order valence-corrected chi connectivity index (χ2v) is 7.16. The number of carbonyl (C=O) groups excluding carboxylic acids is 2. The Morgan fingerprint density at radius 3 is 2.41 bits per heavy atom. The van der Waals surface area contributed by atoms with Crippen LogP contribution in [0.25, 0.3) is 16.6 Å². The molecule has 4 nitrogen and oxygen atoms in total. The first kappa shape index (κ1) is 19.2. The van der Waals surface area contributed by atoms with Gasteiger partial charge in [-0.3, -0.25) is 9.59 Å². The molecular weight excluding hydrogens is 414 g/mol. The maximum absolute atomic E-state index is 13.3. The number of pyridine rings is 1. The van der Waals surface area contributed by atoms with Crippen LogP contribution >= 0.6 is 23.2 Å². The van der Waals surface area contributed by atoms with Crippen LogP contribution in [0.4, 0.5) is 10.1 Å². The maximum Gasteiger partial charge on any atom is 0.298 e. The van der Waals surface area contributed by atoms with E-state index in [2.05, 4.69) is 5.32 Å². The van der Waals surface area contributed by atoms with E-state index in [9.17, 15) is 14.0 Å². The molecule has 0 radical (unpaired) electrons. The van der Waals surface area contributed by atoms with E-state index < -0.39 is 17.5 Å². The highest BCUT2D eigenvalue weighted by molar-refractivity contribution is 6.47. The summed E-state index contributed by atoms with van der Waals surface area (Å²) in [5.74, 6) is -2.20. The van der Waals surface area contributed by atoms with Crippen LogP contribution in [0.1, 0.15) is 10.5 Å². The summed E-state index contributed by atoms with van der Waals surface area (Å²) in [4.78, 5) is 25.7. The Balaban J connectivity index is 1.76. The third kappa shape index (κ3) is 3.75. The van der Waals surface area contributed by atoms with Crippen molar-refractivity contribution in [3.05, 3.63) is 94.5 Å². The van der Waals surface area contributed by atoms with E-state index in [1.54, 1.807) is 40.9 Å². The van der Waals surface area contributed by atoms with Gasteiger partial charge in [0.25, 0.3) is 11.7 Å². The lowest BCUT2D eigenvalue weighted by atomic mass is 10.0. The van der Waals surface area contributed by atoms with Crippen LogP contribution in [0.5, 0.6) is 0 Å². The summed E-state index contributed by atoms with van der Waals surface area (Å²) < 4.78 is 15.0. The number of rotatable bonds is 4. The average molecular weight is 427 g/mol. The van der Waals surface area contributed by atoms with Gasteiger partial charge < -0.3 is 9.72 Å². The lowest BCUT2D eigenvalue weighted by Gasteiger charge is -2.08. The normalized spacial score (nSPS) is 10.9. The average Bonchev–Trinajstić information content (AvgIpc) is 3.10. The van der Waals surface area contributed by atoms with Crippen molar-refractivity contribution < 1.29 is 14.0 Å². The zero-order valence-corrected chi connectivity index (χ0v) is 16.3. The molecule has 0 saturated heterocycles. The van der Waals surface area contributed by atoms with Crippen molar-refractivity contribution in [2.75, 3.05) is 5.32 Å². The number of carbonyl (C=O) groups is 2. The number of fused-ring (bicyclic) bond motifs is 1. The molecule has 0 aliphatic rings. The molecule has 0 saturated carbocycles. The number of benzene rings is 2. The van der Waals surface area contributed by atoms with Gasteiger partial charge in [-0.2, -0.15) is 0 Å². The molecule has 0 aliphatic heterocycles. The van der Waals surface area contributed by atoms with Crippen LogP contribution in [0.2, 0.25) is 10.0 Å². The third-order valence-corrected chi connectivity index (χ3v) is 4.98. The summed E-state index contributed by atoms with van der Waals surface area (Å²) in [5.41, 5.74) is 2.56. The van der Waals surface area contributed by atoms with Crippen LogP contribution in [0.3, 0.4) is 0 Å². The second kappa shape index (κ2) is 7.70. The molecule has 144 valence electrons. The van der Waals surface area contributed by atoms with Gasteiger partial charge in [-0.15, -0.1) is 0 Å². The number of hydrogen-bond donors (Lipinski definition) is 1. The summed E-state index contributed by atoms with van der Waals surface area (Å²) >= 11 is 11.7. The minimum absolute atomic E-state index is 0.148. The highest BCUT2D eigenvalue weighted by Gasteiger charge is 2.25. The molecule has 2 aromatic heterocycles. The Kier molecular flexibility index (Phi) is 5.09. The molecule has 2 aromatic carbocycles. The quantitative estimate of drug-likeness (QED) is 0.327. The standard InChI is InChI=1S/C22H13Cl2FN2O2/c23-14-6-4-13(5-7-14)17-12-16-3-1-2-10-27(16)20(17)21(28)22(29)26-15-8-9-19(25)18(24)11-15/h1-12H,(H,26,29). The Hall–Kier alpha value is -3.15. The second-order valence-electron chi connectivity index (χ2n) is 6.32. The molecule has 0 fully saturated rings. The van der Waals surface area contributed by atoms with E-state index >= 15 is 0 Å². The van der Waals surface area contributed by atoms with E-state index in [1.807, 2.05) is 18.2 Å². The molecule has 0 aliphatic carbocycles. The Morgan fingerprint density at radius 2 is 1.69 bits per heavy atom. The van der Waals surface area contributed by atoms with Gasteiger partial charge in [0, 0.05) is 28.0 Å². The summed E-state index contributed by atoms with van der Waals surface area (Å²) in [5, 5.41) is 2.89. The first-order chi connectivity index (χ1) is 13.9. The topological polar surface area (TPSA) is 50.6 Å². The van der Waals surface area contributed by atoms with E-state index in [0.717, 1.165) is 17.1 Å². The molecular formula is C22H13Cl2FN2O2. The van der Waals surface area contributed by atoms with E-state index in [4.69, 9.17) is 23.2 Å². The molecule has 0 unspecified atom stereocenters. The first-order valence-electron chi connectivity index (χ1n) is 8.61. The van der Waals surface area contributed by atoms with E-state index in [1.165, 1.54) is 12.1 Å². The SMILES string of the molecule is O=C(Nc1ccc(F)c(Cl)c1)C(=O)c1c(-c2ccc(Cl)cc2)cc2ccccn12. The highest BCUT2D eigenvalue weighted by Crippen LogP contribution is 2.29. The third-order valence-electron chi connectivity index (χ3n) is 4.43. The molecule has 1 N–H and O–H groups in total. The van der Waals surface area contributed by atoms with Crippen LogP contribution in [-0.2, 0) is 4.79 Å².